The largest absolute Gasteiger partial charge is 0.508 e. The number of amides is 2. The van der Waals surface area contributed by atoms with E-state index in [1.165, 1.54) is 12.1 Å². The minimum absolute atomic E-state index is 0.00260. The Balaban J connectivity index is 2.83. The maximum absolute atomic E-state index is 12.6. The van der Waals surface area contributed by atoms with Gasteiger partial charge in [-0.05, 0) is 42.9 Å². The van der Waals surface area contributed by atoms with Crippen LogP contribution in [0.25, 0.3) is 0 Å². The standard InChI is InChI=1S/C20H29N3O7/c1-11(2)9-16(20(29)30)23-19(28)15(7-8-17(25)26)22-18(27)14(21)10-12-3-5-13(24)6-4-12/h3-6,11,14-16,24H,7-10,21H2,1-2H3,(H,22,27)(H,23,28)(H,25,26)(H,29,30)/t14-,15-,16+/m1/s1. The lowest BCUT2D eigenvalue weighted by Crippen LogP contribution is -2.55. The van der Waals surface area contributed by atoms with Crippen molar-refractivity contribution in [3.63, 3.8) is 0 Å². The molecule has 0 spiro atoms. The van der Waals surface area contributed by atoms with Crippen LogP contribution in [-0.4, -0.2) is 57.2 Å². The van der Waals surface area contributed by atoms with E-state index in [1.54, 1.807) is 26.0 Å². The Morgan fingerprint density at radius 2 is 1.53 bits per heavy atom. The van der Waals surface area contributed by atoms with Crippen molar-refractivity contribution in [3.8, 4) is 5.75 Å². The summed E-state index contributed by atoms with van der Waals surface area (Å²) in [6.07, 6.45) is -0.300. The van der Waals surface area contributed by atoms with E-state index >= 15 is 0 Å². The molecule has 30 heavy (non-hydrogen) atoms. The number of rotatable bonds is 12. The number of aliphatic carboxylic acids is 2. The summed E-state index contributed by atoms with van der Waals surface area (Å²) in [6, 6.07) is 2.66. The van der Waals surface area contributed by atoms with Gasteiger partial charge in [-0.3, -0.25) is 14.4 Å². The summed E-state index contributed by atoms with van der Waals surface area (Å²) in [7, 11) is 0. The van der Waals surface area contributed by atoms with E-state index in [0.29, 0.717) is 5.56 Å². The summed E-state index contributed by atoms with van der Waals surface area (Å²) in [5, 5.41) is 32.3. The van der Waals surface area contributed by atoms with Crippen molar-refractivity contribution in [1.29, 1.82) is 0 Å². The summed E-state index contributed by atoms with van der Waals surface area (Å²) in [6.45, 7) is 3.60. The van der Waals surface area contributed by atoms with Crippen molar-refractivity contribution in [2.24, 2.45) is 11.7 Å². The predicted octanol–water partition coefficient (Wildman–Crippen LogP) is 0.227. The second-order valence-corrected chi connectivity index (χ2v) is 7.50. The van der Waals surface area contributed by atoms with E-state index in [-0.39, 0.29) is 30.9 Å². The van der Waals surface area contributed by atoms with Crippen molar-refractivity contribution < 1.29 is 34.5 Å². The molecule has 0 aliphatic rings. The maximum Gasteiger partial charge on any atom is 0.326 e. The Labute approximate surface area is 174 Å². The topological polar surface area (TPSA) is 179 Å². The van der Waals surface area contributed by atoms with Crippen molar-refractivity contribution >= 4 is 23.8 Å². The SMILES string of the molecule is CC(C)C[C@H](NC(=O)[C@@H](CCC(=O)O)NC(=O)[C@H](N)Cc1ccc(O)cc1)C(=O)O. The molecule has 0 radical (unpaired) electrons. The van der Waals surface area contributed by atoms with E-state index in [2.05, 4.69) is 10.6 Å². The van der Waals surface area contributed by atoms with Gasteiger partial charge in [0.1, 0.15) is 17.8 Å². The Hall–Kier alpha value is -3.14. The summed E-state index contributed by atoms with van der Waals surface area (Å²) in [4.78, 5) is 47.3. The molecule has 0 aliphatic carbocycles. The second kappa shape index (κ2) is 11.8. The maximum atomic E-state index is 12.6. The van der Waals surface area contributed by atoms with Crippen molar-refractivity contribution in [3.05, 3.63) is 29.8 Å². The number of hydrogen-bond donors (Lipinski definition) is 6. The molecular weight excluding hydrogens is 394 g/mol. The minimum Gasteiger partial charge on any atom is -0.508 e. The third-order valence-corrected chi connectivity index (χ3v) is 4.33. The zero-order valence-electron chi connectivity index (χ0n) is 17.0. The Morgan fingerprint density at radius 1 is 0.967 bits per heavy atom. The first-order chi connectivity index (χ1) is 14.0. The molecule has 1 aromatic rings. The van der Waals surface area contributed by atoms with Crippen LogP contribution in [0.15, 0.2) is 24.3 Å². The molecule has 3 atom stereocenters. The first-order valence-corrected chi connectivity index (χ1v) is 9.58. The zero-order chi connectivity index (χ0) is 22.8. The number of hydrogen-bond acceptors (Lipinski definition) is 6. The van der Waals surface area contributed by atoms with Crippen molar-refractivity contribution in [1.82, 2.24) is 10.6 Å². The Kier molecular flexibility index (Phi) is 9.76. The van der Waals surface area contributed by atoms with Crippen molar-refractivity contribution in [2.75, 3.05) is 0 Å². The normalized spacial score (nSPS) is 13.9. The van der Waals surface area contributed by atoms with Gasteiger partial charge in [-0.2, -0.15) is 0 Å². The number of nitrogens with two attached hydrogens (primary N) is 1. The van der Waals surface area contributed by atoms with Crippen LogP contribution in [0.3, 0.4) is 0 Å². The van der Waals surface area contributed by atoms with Gasteiger partial charge in [-0.25, -0.2) is 4.79 Å². The molecule has 0 saturated carbocycles. The van der Waals surface area contributed by atoms with Gasteiger partial charge in [0.2, 0.25) is 11.8 Å². The highest BCUT2D eigenvalue weighted by molar-refractivity contribution is 5.92. The van der Waals surface area contributed by atoms with E-state index in [4.69, 9.17) is 10.8 Å². The molecule has 1 aromatic carbocycles. The summed E-state index contributed by atoms with van der Waals surface area (Å²) < 4.78 is 0. The van der Waals surface area contributed by atoms with Gasteiger partial charge in [-0.1, -0.05) is 26.0 Å². The van der Waals surface area contributed by atoms with E-state index in [9.17, 15) is 29.4 Å². The highest BCUT2D eigenvalue weighted by Crippen LogP contribution is 2.11. The minimum atomic E-state index is -1.24. The number of aromatic hydroxyl groups is 1. The predicted molar refractivity (Wildman–Crippen MR) is 108 cm³/mol. The van der Waals surface area contributed by atoms with Crippen LogP contribution in [0, 0.1) is 5.92 Å². The van der Waals surface area contributed by atoms with E-state index in [0.717, 1.165) is 0 Å². The molecule has 166 valence electrons. The molecule has 0 aromatic heterocycles. The van der Waals surface area contributed by atoms with Crippen LogP contribution in [-0.2, 0) is 25.6 Å². The lowest BCUT2D eigenvalue weighted by Gasteiger charge is -2.23. The van der Waals surface area contributed by atoms with E-state index in [1.807, 2.05) is 0 Å². The molecule has 7 N–H and O–H groups in total. The van der Waals surface area contributed by atoms with Gasteiger partial charge in [-0.15, -0.1) is 0 Å². The highest BCUT2D eigenvalue weighted by Gasteiger charge is 2.28. The molecule has 10 nitrogen and oxygen atoms in total. The molecule has 0 fully saturated rings. The van der Waals surface area contributed by atoms with E-state index < -0.39 is 48.3 Å². The quantitative estimate of drug-likeness (QED) is 0.276. The number of carboxylic acids is 2. The van der Waals surface area contributed by atoms with Crippen LogP contribution in [0.5, 0.6) is 5.75 Å². The van der Waals surface area contributed by atoms with Crippen LogP contribution >= 0.6 is 0 Å². The average Bonchev–Trinajstić information content (AvgIpc) is 2.65. The lowest BCUT2D eigenvalue weighted by atomic mass is 10.0. The molecule has 0 bridgehead atoms. The van der Waals surface area contributed by atoms with Crippen molar-refractivity contribution in [2.45, 2.75) is 57.7 Å². The number of benzene rings is 1. The fourth-order valence-corrected chi connectivity index (χ4v) is 2.76. The molecular formula is C20H29N3O7. The van der Waals surface area contributed by atoms with Gasteiger partial charge in [0.15, 0.2) is 0 Å². The number of phenolic OH excluding ortho intramolecular Hbond substituents is 1. The van der Waals surface area contributed by atoms with Crippen LogP contribution in [0.4, 0.5) is 0 Å². The number of carbonyl (C=O) groups excluding carboxylic acids is 2. The van der Waals surface area contributed by atoms with Gasteiger partial charge in [0.25, 0.3) is 0 Å². The van der Waals surface area contributed by atoms with Crippen LogP contribution < -0.4 is 16.4 Å². The van der Waals surface area contributed by atoms with Gasteiger partial charge in [0, 0.05) is 6.42 Å². The molecule has 0 heterocycles. The number of carbonyl (C=O) groups is 4. The number of nitrogens with one attached hydrogen (secondary N) is 2. The molecule has 1 rings (SSSR count). The Bertz CT molecular complexity index is 749. The number of carboxylic acid groups (broad SMARTS) is 2. The third kappa shape index (κ3) is 8.91. The monoisotopic (exact) mass is 423 g/mol. The second-order valence-electron chi connectivity index (χ2n) is 7.50. The third-order valence-electron chi connectivity index (χ3n) is 4.33. The van der Waals surface area contributed by atoms with Crippen LogP contribution in [0.1, 0.15) is 38.7 Å². The average molecular weight is 423 g/mol. The van der Waals surface area contributed by atoms with Gasteiger partial charge < -0.3 is 31.7 Å². The van der Waals surface area contributed by atoms with Crippen LogP contribution in [0.2, 0.25) is 0 Å². The fraction of sp³-hybridized carbons (Fsp3) is 0.500. The van der Waals surface area contributed by atoms with Gasteiger partial charge in [0.05, 0.1) is 6.04 Å². The molecule has 0 aliphatic heterocycles. The fourth-order valence-electron chi connectivity index (χ4n) is 2.76. The number of phenols is 1. The highest BCUT2D eigenvalue weighted by atomic mass is 16.4. The molecule has 0 unspecified atom stereocenters. The molecule has 0 saturated heterocycles. The Morgan fingerprint density at radius 3 is 2.03 bits per heavy atom. The summed E-state index contributed by atoms with van der Waals surface area (Å²) in [5.41, 5.74) is 6.58. The molecule has 10 heteroatoms. The summed E-state index contributed by atoms with van der Waals surface area (Å²) >= 11 is 0. The first kappa shape index (κ1) is 24.9. The lowest BCUT2D eigenvalue weighted by molar-refractivity contribution is -0.143. The summed E-state index contributed by atoms with van der Waals surface area (Å²) in [5.74, 6) is -3.77. The van der Waals surface area contributed by atoms with Gasteiger partial charge >= 0.3 is 11.9 Å². The zero-order valence-corrected chi connectivity index (χ0v) is 17.0. The molecule has 2 amide bonds. The smallest absolute Gasteiger partial charge is 0.326 e. The first-order valence-electron chi connectivity index (χ1n) is 9.58.